The van der Waals surface area contributed by atoms with Gasteiger partial charge in [-0.3, -0.25) is 4.79 Å². The second kappa shape index (κ2) is 9.68. The van der Waals surface area contributed by atoms with Crippen molar-refractivity contribution < 1.29 is 32.5 Å². The first-order valence-electron chi connectivity index (χ1n) is 9.78. The Balaban J connectivity index is 2.27. The molecule has 0 saturated carbocycles. The molecule has 0 radical (unpaired) electrons. The quantitative estimate of drug-likeness (QED) is 0.417. The summed E-state index contributed by atoms with van der Waals surface area (Å²) >= 11 is 0. The van der Waals surface area contributed by atoms with Gasteiger partial charge in [0.05, 0.1) is 39.9 Å². The Hall–Kier alpha value is -3.61. The second-order valence-corrected chi connectivity index (χ2v) is 6.97. The maximum Gasteiger partial charge on any atom is 0.320 e. The fraction of sp³-hybridized carbons (Fsp3) is 0.240. The number of carbonyl (C=O) groups excluding carboxylic acids is 1. The minimum atomic E-state index is -3.83. The highest BCUT2D eigenvalue weighted by Gasteiger charge is 2.51. The van der Waals surface area contributed by atoms with Crippen LogP contribution in [0.15, 0.2) is 66.7 Å². The summed E-state index contributed by atoms with van der Waals surface area (Å²) in [6.45, 7) is 0. The molecule has 0 aliphatic heterocycles. The van der Waals surface area contributed by atoms with Crippen LogP contribution in [-0.4, -0.2) is 40.1 Å². The van der Waals surface area contributed by atoms with Gasteiger partial charge in [0.2, 0.25) is 5.78 Å². The van der Waals surface area contributed by atoms with Crippen molar-refractivity contribution in [3.05, 3.63) is 83.4 Å². The van der Waals surface area contributed by atoms with Crippen molar-refractivity contribution in [1.82, 2.24) is 0 Å². The summed E-state index contributed by atoms with van der Waals surface area (Å²) in [5.41, 5.74) is 0.138. The molecular formula is C25H24F2O5. The normalized spacial score (nSPS) is 12.1. The van der Waals surface area contributed by atoms with Crippen LogP contribution in [0.1, 0.15) is 27.4 Å². The van der Waals surface area contributed by atoms with Gasteiger partial charge in [0.25, 0.3) is 0 Å². The molecule has 1 atom stereocenters. The third-order valence-electron chi connectivity index (χ3n) is 5.19. The molecule has 0 bridgehead atoms. The van der Waals surface area contributed by atoms with E-state index in [4.69, 9.17) is 18.9 Å². The van der Waals surface area contributed by atoms with E-state index in [0.717, 1.165) is 0 Å². The molecule has 32 heavy (non-hydrogen) atoms. The lowest BCUT2D eigenvalue weighted by atomic mass is 9.81. The van der Waals surface area contributed by atoms with Crippen molar-refractivity contribution in [2.45, 2.75) is 11.8 Å². The average molecular weight is 442 g/mol. The van der Waals surface area contributed by atoms with Gasteiger partial charge in [0.15, 0.2) is 0 Å². The lowest BCUT2D eigenvalue weighted by Crippen LogP contribution is -2.37. The van der Waals surface area contributed by atoms with Gasteiger partial charge in [0, 0.05) is 17.7 Å². The molecule has 5 nitrogen and oxygen atoms in total. The van der Waals surface area contributed by atoms with E-state index in [1.54, 1.807) is 30.3 Å². The molecule has 0 fully saturated rings. The van der Waals surface area contributed by atoms with Crippen molar-refractivity contribution in [1.29, 1.82) is 0 Å². The van der Waals surface area contributed by atoms with Crippen LogP contribution in [0, 0.1) is 0 Å². The van der Waals surface area contributed by atoms with Crippen LogP contribution in [0.3, 0.4) is 0 Å². The zero-order chi connectivity index (χ0) is 23.3. The van der Waals surface area contributed by atoms with Gasteiger partial charge in [-0.1, -0.05) is 42.5 Å². The Morgan fingerprint density at radius 2 is 1.28 bits per heavy atom. The number of Topliss-reactive ketones (excluding diaryl/α,β-unsaturated/α-hetero) is 1. The summed E-state index contributed by atoms with van der Waals surface area (Å²) in [4.78, 5) is 13.0. The highest BCUT2D eigenvalue weighted by molar-refractivity contribution is 6.02. The lowest BCUT2D eigenvalue weighted by molar-refractivity contribution is -0.00108. The molecular weight excluding hydrogens is 418 g/mol. The van der Waals surface area contributed by atoms with Crippen LogP contribution in [0.4, 0.5) is 8.78 Å². The van der Waals surface area contributed by atoms with Crippen molar-refractivity contribution in [3.8, 4) is 23.0 Å². The van der Waals surface area contributed by atoms with Gasteiger partial charge in [-0.2, -0.15) is 8.78 Å². The van der Waals surface area contributed by atoms with Crippen LogP contribution in [0.5, 0.6) is 23.0 Å². The van der Waals surface area contributed by atoms with Crippen LogP contribution >= 0.6 is 0 Å². The molecule has 0 heterocycles. The van der Waals surface area contributed by atoms with E-state index in [1.165, 1.54) is 64.8 Å². The summed E-state index contributed by atoms with van der Waals surface area (Å²) in [7, 11) is 5.65. The standard InChI is InChI=1S/C25H24F2O5/c1-29-18-12-10-16(11-13-18)23(25(26,27)24(28)17-8-6-5-7-9-17)22-20(31-3)14-19(30-2)15-21(22)32-4/h5-15,23H,1-4H3. The van der Waals surface area contributed by atoms with Crippen LogP contribution in [-0.2, 0) is 0 Å². The molecule has 3 aromatic carbocycles. The number of ether oxygens (including phenoxy) is 4. The topological polar surface area (TPSA) is 54.0 Å². The third kappa shape index (κ3) is 4.37. The summed E-state index contributed by atoms with van der Waals surface area (Å²) in [5.74, 6) is -5.74. The average Bonchev–Trinajstić information content (AvgIpc) is 2.84. The number of halogens is 2. The maximum absolute atomic E-state index is 16.0. The molecule has 0 N–H and O–H groups in total. The predicted octanol–water partition coefficient (Wildman–Crippen LogP) is 5.37. The van der Waals surface area contributed by atoms with E-state index in [9.17, 15) is 4.79 Å². The largest absolute Gasteiger partial charge is 0.497 e. The highest BCUT2D eigenvalue weighted by Crippen LogP contribution is 2.49. The van der Waals surface area contributed by atoms with Crippen LogP contribution < -0.4 is 18.9 Å². The summed E-state index contributed by atoms with van der Waals surface area (Å²) in [6.07, 6.45) is 0. The number of benzene rings is 3. The SMILES string of the molecule is COc1ccc(C(c2c(OC)cc(OC)cc2OC)C(F)(F)C(=O)c2ccccc2)cc1. The molecule has 3 aromatic rings. The molecule has 0 spiro atoms. The van der Waals surface area contributed by atoms with E-state index in [1.807, 2.05) is 0 Å². The summed E-state index contributed by atoms with van der Waals surface area (Å²) < 4.78 is 53.3. The van der Waals surface area contributed by atoms with E-state index >= 15 is 8.78 Å². The van der Waals surface area contributed by atoms with Crippen molar-refractivity contribution in [2.24, 2.45) is 0 Å². The number of alkyl halides is 2. The van der Waals surface area contributed by atoms with Gasteiger partial charge in [-0.25, -0.2) is 0 Å². The number of ketones is 1. The molecule has 3 rings (SSSR count). The smallest absolute Gasteiger partial charge is 0.320 e. The highest BCUT2D eigenvalue weighted by atomic mass is 19.3. The zero-order valence-corrected chi connectivity index (χ0v) is 18.2. The molecule has 0 amide bonds. The number of rotatable bonds is 9. The second-order valence-electron chi connectivity index (χ2n) is 6.97. The maximum atomic E-state index is 16.0. The minimum Gasteiger partial charge on any atom is -0.497 e. The van der Waals surface area contributed by atoms with Crippen LogP contribution in [0.25, 0.3) is 0 Å². The Morgan fingerprint density at radius 1 is 0.750 bits per heavy atom. The monoisotopic (exact) mass is 442 g/mol. The van der Waals surface area contributed by atoms with Crippen molar-refractivity contribution in [2.75, 3.05) is 28.4 Å². The number of hydrogen-bond acceptors (Lipinski definition) is 5. The van der Waals surface area contributed by atoms with Crippen molar-refractivity contribution >= 4 is 5.78 Å². The lowest BCUT2D eigenvalue weighted by Gasteiger charge is -2.29. The fourth-order valence-electron chi connectivity index (χ4n) is 3.58. The molecule has 0 aliphatic rings. The van der Waals surface area contributed by atoms with Crippen molar-refractivity contribution in [3.63, 3.8) is 0 Å². The van der Waals surface area contributed by atoms with Crippen LogP contribution in [0.2, 0.25) is 0 Å². The zero-order valence-electron chi connectivity index (χ0n) is 18.2. The first-order valence-corrected chi connectivity index (χ1v) is 9.78. The number of hydrogen-bond donors (Lipinski definition) is 0. The van der Waals surface area contributed by atoms with Gasteiger partial charge in [-0.15, -0.1) is 0 Å². The number of methoxy groups -OCH3 is 4. The van der Waals surface area contributed by atoms with E-state index < -0.39 is 17.6 Å². The Bertz CT molecular complexity index is 1040. The van der Waals surface area contributed by atoms with Gasteiger partial charge < -0.3 is 18.9 Å². The van der Waals surface area contributed by atoms with E-state index in [2.05, 4.69) is 0 Å². The molecule has 168 valence electrons. The fourth-order valence-corrected chi connectivity index (χ4v) is 3.58. The molecule has 0 saturated heterocycles. The summed E-state index contributed by atoms with van der Waals surface area (Å²) in [5, 5.41) is 0. The minimum absolute atomic E-state index is 0.0373. The van der Waals surface area contributed by atoms with E-state index in [0.29, 0.717) is 11.5 Å². The Labute approximate surface area is 185 Å². The first-order chi connectivity index (χ1) is 15.4. The number of carbonyl (C=O) groups is 1. The molecule has 1 unspecified atom stereocenters. The van der Waals surface area contributed by atoms with Gasteiger partial charge >= 0.3 is 5.92 Å². The summed E-state index contributed by atoms with van der Waals surface area (Å²) in [6, 6.07) is 16.6. The molecule has 0 aliphatic carbocycles. The predicted molar refractivity (Wildman–Crippen MR) is 117 cm³/mol. The van der Waals surface area contributed by atoms with Gasteiger partial charge in [-0.05, 0) is 17.7 Å². The first kappa shape index (κ1) is 23.1. The Morgan fingerprint density at radius 3 is 1.75 bits per heavy atom. The van der Waals surface area contributed by atoms with Gasteiger partial charge in [0.1, 0.15) is 23.0 Å². The molecule has 7 heteroatoms. The molecule has 0 aromatic heterocycles. The third-order valence-corrected chi connectivity index (χ3v) is 5.19. The Kier molecular flexibility index (Phi) is 6.98. The van der Waals surface area contributed by atoms with E-state index in [-0.39, 0.29) is 28.2 Å².